The normalized spacial score (nSPS) is 15.9. The zero-order chi connectivity index (χ0) is 10.8. The highest BCUT2D eigenvalue weighted by molar-refractivity contribution is 5.83. The van der Waals surface area contributed by atoms with E-state index in [9.17, 15) is 0 Å². The number of benzene rings is 1. The summed E-state index contributed by atoms with van der Waals surface area (Å²) in [5.74, 6) is 1.57. The first kappa shape index (κ1) is 10.5. The Labute approximate surface area is 93.0 Å². The topological polar surface area (TPSA) is 0 Å². The minimum Gasteiger partial charge on any atom is -0.0642 e. The van der Waals surface area contributed by atoms with Crippen molar-refractivity contribution in [2.24, 2.45) is 0 Å². The van der Waals surface area contributed by atoms with Crippen LogP contribution in [0.25, 0.3) is 5.57 Å². The lowest BCUT2D eigenvalue weighted by atomic mass is 9.92. The van der Waals surface area contributed by atoms with Crippen LogP contribution >= 0.6 is 0 Å². The van der Waals surface area contributed by atoms with Crippen LogP contribution in [0.5, 0.6) is 0 Å². The van der Waals surface area contributed by atoms with Crippen LogP contribution in [0.15, 0.2) is 29.8 Å². The van der Waals surface area contributed by atoms with Gasteiger partial charge in [0.2, 0.25) is 0 Å². The quantitative estimate of drug-likeness (QED) is 0.667. The highest BCUT2D eigenvalue weighted by Crippen LogP contribution is 2.45. The van der Waals surface area contributed by atoms with Gasteiger partial charge < -0.3 is 0 Å². The van der Waals surface area contributed by atoms with Gasteiger partial charge in [-0.2, -0.15) is 0 Å². The van der Waals surface area contributed by atoms with Gasteiger partial charge >= 0.3 is 0 Å². The third-order valence-corrected chi connectivity index (χ3v) is 3.37. The number of allylic oxidation sites excluding steroid dienone is 2. The van der Waals surface area contributed by atoms with Gasteiger partial charge in [0.1, 0.15) is 0 Å². The van der Waals surface area contributed by atoms with E-state index in [4.69, 9.17) is 0 Å². The SMILES string of the molecule is CC[C]1C(CC)=C(CC)c2ccccc21. The Balaban J connectivity index is 2.56. The molecule has 15 heavy (non-hydrogen) atoms. The van der Waals surface area contributed by atoms with Crippen molar-refractivity contribution in [2.75, 3.05) is 0 Å². The van der Waals surface area contributed by atoms with E-state index in [1.165, 1.54) is 17.5 Å². The van der Waals surface area contributed by atoms with E-state index in [0.717, 1.165) is 12.8 Å². The minimum atomic E-state index is 1.16. The largest absolute Gasteiger partial charge is 0.0642 e. The summed E-state index contributed by atoms with van der Waals surface area (Å²) in [5.41, 5.74) is 6.13. The van der Waals surface area contributed by atoms with Crippen LogP contribution in [0.4, 0.5) is 0 Å². The van der Waals surface area contributed by atoms with Crippen LogP contribution in [-0.2, 0) is 0 Å². The van der Waals surface area contributed by atoms with E-state index in [0.29, 0.717) is 0 Å². The standard InChI is InChI=1S/C15H19/c1-4-11-12(5-2)14-9-7-8-10-15(14)13(11)6-3/h7-10H,4-6H2,1-3H3. The molecule has 0 spiro atoms. The van der Waals surface area contributed by atoms with Crippen LogP contribution in [0.3, 0.4) is 0 Å². The summed E-state index contributed by atoms with van der Waals surface area (Å²) in [6, 6.07) is 8.85. The molecule has 0 saturated carbocycles. The highest BCUT2D eigenvalue weighted by atomic mass is 14.3. The van der Waals surface area contributed by atoms with Gasteiger partial charge in [0.05, 0.1) is 0 Å². The van der Waals surface area contributed by atoms with Crippen molar-refractivity contribution >= 4 is 5.57 Å². The monoisotopic (exact) mass is 199 g/mol. The lowest BCUT2D eigenvalue weighted by Crippen LogP contribution is -1.97. The Morgan fingerprint density at radius 2 is 1.33 bits per heavy atom. The van der Waals surface area contributed by atoms with E-state index < -0.39 is 0 Å². The number of hydrogen-bond acceptors (Lipinski definition) is 0. The zero-order valence-corrected chi connectivity index (χ0v) is 9.93. The molecule has 0 unspecified atom stereocenters. The van der Waals surface area contributed by atoms with Gasteiger partial charge in [-0.05, 0) is 36.0 Å². The molecule has 0 atom stereocenters. The lowest BCUT2D eigenvalue weighted by Gasteiger charge is -2.12. The van der Waals surface area contributed by atoms with E-state index in [2.05, 4.69) is 45.0 Å². The predicted octanol–water partition coefficient (Wildman–Crippen LogP) is 4.61. The fraction of sp³-hybridized carbons (Fsp3) is 0.400. The minimum absolute atomic E-state index is 1.16. The van der Waals surface area contributed by atoms with Crippen molar-refractivity contribution in [1.82, 2.24) is 0 Å². The first-order valence-corrected chi connectivity index (χ1v) is 6.01. The van der Waals surface area contributed by atoms with Crippen LogP contribution in [-0.4, -0.2) is 0 Å². The summed E-state index contributed by atoms with van der Waals surface area (Å²) in [6.07, 6.45) is 3.48. The Morgan fingerprint density at radius 1 is 0.733 bits per heavy atom. The van der Waals surface area contributed by atoms with Gasteiger partial charge in [-0.25, -0.2) is 0 Å². The summed E-state index contributed by atoms with van der Waals surface area (Å²) in [6.45, 7) is 6.80. The molecule has 1 aliphatic carbocycles. The summed E-state index contributed by atoms with van der Waals surface area (Å²) in [5, 5.41) is 0. The van der Waals surface area contributed by atoms with Gasteiger partial charge in [0.25, 0.3) is 0 Å². The average molecular weight is 199 g/mol. The second-order valence-corrected chi connectivity index (χ2v) is 4.04. The molecule has 2 rings (SSSR count). The maximum absolute atomic E-state index is 2.27. The van der Waals surface area contributed by atoms with Crippen molar-refractivity contribution in [3.63, 3.8) is 0 Å². The first-order chi connectivity index (χ1) is 7.33. The van der Waals surface area contributed by atoms with Gasteiger partial charge in [-0.15, -0.1) is 0 Å². The molecule has 0 saturated heterocycles. The molecule has 0 heterocycles. The van der Waals surface area contributed by atoms with Crippen molar-refractivity contribution in [3.8, 4) is 0 Å². The van der Waals surface area contributed by atoms with Gasteiger partial charge in [0.15, 0.2) is 0 Å². The van der Waals surface area contributed by atoms with Gasteiger partial charge in [-0.3, -0.25) is 0 Å². The van der Waals surface area contributed by atoms with Crippen molar-refractivity contribution < 1.29 is 0 Å². The molecule has 0 heteroatoms. The molecule has 0 aliphatic heterocycles. The Morgan fingerprint density at radius 3 is 1.87 bits per heavy atom. The second kappa shape index (κ2) is 4.22. The van der Waals surface area contributed by atoms with Crippen LogP contribution in [0.1, 0.15) is 51.2 Å². The molecule has 1 aromatic rings. The molecule has 1 aromatic carbocycles. The van der Waals surface area contributed by atoms with Gasteiger partial charge in [0, 0.05) is 5.92 Å². The van der Waals surface area contributed by atoms with Crippen LogP contribution in [0.2, 0.25) is 0 Å². The number of hydrogen-bond donors (Lipinski definition) is 0. The number of fused-ring (bicyclic) bond motifs is 1. The molecule has 0 bridgehead atoms. The summed E-state index contributed by atoms with van der Waals surface area (Å²) in [4.78, 5) is 0. The second-order valence-electron chi connectivity index (χ2n) is 4.04. The molecule has 0 fully saturated rings. The van der Waals surface area contributed by atoms with Crippen molar-refractivity contribution in [3.05, 3.63) is 46.9 Å². The maximum atomic E-state index is 2.27. The summed E-state index contributed by atoms with van der Waals surface area (Å²) in [7, 11) is 0. The van der Waals surface area contributed by atoms with E-state index >= 15 is 0 Å². The zero-order valence-electron chi connectivity index (χ0n) is 9.93. The van der Waals surface area contributed by atoms with Crippen molar-refractivity contribution in [2.45, 2.75) is 40.0 Å². The Bertz CT molecular complexity index is 385. The Hall–Kier alpha value is -1.04. The molecule has 0 N–H and O–H groups in total. The van der Waals surface area contributed by atoms with E-state index in [1.54, 1.807) is 17.1 Å². The molecule has 0 amide bonds. The van der Waals surface area contributed by atoms with Crippen LogP contribution < -0.4 is 0 Å². The molecule has 1 aliphatic rings. The fourth-order valence-corrected chi connectivity index (χ4v) is 2.75. The number of rotatable bonds is 3. The third-order valence-electron chi connectivity index (χ3n) is 3.37. The Kier molecular flexibility index (Phi) is 2.95. The molecule has 1 radical (unpaired) electrons. The van der Waals surface area contributed by atoms with Crippen molar-refractivity contribution in [1.29, 1.82) is 0 Å². The summed E-state index contributed by atoms with van der Waals surface area (Å²) >= 11 is 0. The lowest BCUT2D eigenvalue weighted by molar-refractivity contribution is 0.936. The molecule has 0 aromatic heterocycles. The van der Waals surface area contributed by atoms with E-state index in [1.807, 2.05) is 0 Å². The fourth-order valence-electron chi connectivity index (χ4n) is 2.75. The molecular weight excluding hydrogens is 180 g/mol. The smallest absolute Gasteiger partial charge is 0.0305 e. The maximum Gasteiger partial charge on any atom is 0.0305 e. The third kappa shape index (κ3) is 1.52. The predicted molar refractivity (Wildman–Crippen MR) is 66.6 cm³/mol. The molecule has 79 valence electrons. The highest BCUT2D eigenvalue weighted by Gasteiger charge is 2.27. The average Bonchev–Trinajstić information content (AvgIpc) is 2.61. The molecular formula is C15H19. The van der Waals surface area contributed by atoms with Crippen LogP contribution in [0, 0.1) is 5.92 Å². The molecule has 0 nitrogen and oxygen atoms in total. The van der Waals surface area contributed by atoms with E-state index in [-0.39, 0.29) is 0 Å². The summed E-state index contributed by atoms with van der Waals surface area (Å²) < 4.78 is 0. The first-order valence-electron chi connectivity index (χ1n) is 6.01. The van der Waals surface area contributed by atoms with Gasteiger partial charge in [-0.1, -0.05) is 50.6 Å².